The van der Waals surface area contributed by atoms with Crippen molar-refractivity contribution in [2.24, 2.45) is 5.92 Å². The number of carbonyl (C=O) groups excluding carboxylic acids is 1. The lowest BCUT2D eigenvalue weighted by Crippen LogP contribution is -2.37. The highest BCUT2D eigenvalue weighted by atomic mass is 32.2. The van der Waals surface area contributed by atoms with Crippen LogP contribution < -0.4 is 0 Å². The largest absolute Gasteiger partial charge is 0.445 e. The zero-order chi connectivity index (χ0) is 13.5. The Morgan fingerprint density at radius 2 is 2.21 bits per heavy atom. The maximum Gasteiger partial charge on any atom is 0.410 e. The molecular formula is C14H19NO3S. The lowest BCUT2D eigenvalue weighted by atomic mass is 10.2. The minimum atomic E-state index is -0.287. The number of aliphatic hydroxyl groups excluding tert-OH is 1. The Kier molecular flexibility index (Phi) is 5.54. The summed E-state index contributed by atoms with van der Waals surface area (Å²) in [6.07, 6.45) is -0.287. The molecule has 1 atom stereocenters. The minimum absolute atomic E-state index is 0.121. The standard InChI is InChI=1S/C14H19NO3S/c16-9-13-8-15(6-7-19-11-13)14(17)18-10-12-4-2-1-3-5-12/h1-5,13,16H,6-11H2. The summed E-state index contributed by atoms with van der Waals surface area (Å²) in [5.41, 5.74) is 0.985. The molecule has 1 aromatic rings. The quantitative estimate of drug-likeness (QED) is 0.920. The van der Waals surface area contributed by atoms with Crippen molar-refractivity contribution >= 4 is 17.9 Å². The molecule has 4 nitrogen and oxygen atoms in total. The SMILES string of the molecule is O=C(OCc1ccccc1)N1CCSCC(CO)C1. The van der Waals surface area contributed by atoms with Crippen molar-refractivity contribution in [3.63, 3.8) is 0 Å². The Bertz CT molecular complexity index is 399. The summed E-state index contributed by atoms with van der Waals surface area (Å²) in [6, 6.07) is 9.65. The van der Waals surface area contributed by atoms with Gasteiger partial charge in [-0.15, -0.1) is 0 Å². The molecule has 1 aromatic carbocycles. The number of amides is 1. The van der Waals surface area contributed by atoms with E-state index in [1.807, 2.05) is 30.3 Å². The first-order valence-electron chi connectivity index (χ1n) is 6.44. The predicted octanol–water partition coefficient (Wildman–Crippen LogP) is 1.98. The fourth-order valence-corrected chi connectivity index (χ4v) is 3.03. The molecule has 0 bridgehead atoms. The molecule has 1 fully saturated rings. The number of aliphatic hydroxyl groups is 1. The average molecular weight is 281 g/mol. The second-order valence-electron chi connectivity index (χ2n) is 4.61. The van der Waals surface area contributed by atoms with Crippen molar-refractivity contribution in [1.29, 1.82) is 0 Å². The van der Waals surface area contributed by atoms with Gasteiger partial charge in [0, 0.05) is 37.1 Å². The first-order valence-corrected chi connectivity index (χ1v) is 7.59. The molecule has 1 aliphatic rings. The van der Waals surface area contributed by atoms with E-state index in [-0.39, 0.29) is 18.6 Å². The van der Waals surface area contributed by atoms with Crippen LogP contribution in [0, 0.1) is 5.92 Å². The molecule has 1 saturated heterocycles. The Hall–Kier alpha value is -1.20. The molecule has 19 heavy (non-hydrogen) atoms. The van der Waals surface area contributed by atoms with Crippen molar-refractivity contribution in [3.05, 3.63) is 35.9 Å². The van der Waals surface area contributed by atoms with Crippen LogP contribution in [0.1, 0.15) is 5.56 Å². The van der Waals surface area contributed by atoms with Gasteiger partial charge in [-0.2, -0.15) is 11.8 Å². The van der Waals surface area contributed by atoms with Crippen LogP contribution in [-0.2, 0) is 11.3 Å². The van der Waals surface area contributed by atoms with Crippen LogP contribution in [0.4, 0.5) is 4.79 Å². The maximum atomic E-state index is 12.0. The summed E-state index contributed by atoms with van der Waals surface area (Å²) in [6.45, 7) is 1.69. The molecule has 104 valence electrons. The van der Waals surface area contributed by atoms with Gasteiger partial charge in [-0.25, -0.2) is 4.79 Å². The van der Waals surface area contributed by atoms with Crippen molar-refractivity contribution in [3.8, 4) is 0 Å². The Morgan fingerprint density at radius 3 is 2.95 bits per heavy atom. The van der Waals surface area contributed by atoms with Crippen molar-refractivity contribution in [2.45, 2.75) is 6.61 Å². The third kappa shape index (κ3) is 4.44. The molecule has 0 aromatic heterocycles. The van der Waals surface area contributed by atoms with Gasteiger partial charge in [0.05, 0.1) is 0 Å². The second-order valence-corrected chi connectivity index (χ2v) is 5.76. The first kappa shape index (κ1) is 14.2. The number of nitrogens with zero attached hydrogens (tertiary/aromatic N) is 1. The molecule has 0 saturated carbocycles. The first-order chi connectivity index (χ1) is 9.29. The van der Waals surface area contributed by atoms with E-state index in [4.69, 9.17) is 4.74 Å². The Labute approximate surface area is 117 Å². The van der Waals surface area contributed by atoms with Crippen LogP contribution in [-0.4, -0.2) is 47.3 Å². The molecule has 5 heteroatoms. The molecule has 1 aliphatic heterocycles. The predicted molar refractivity (Wildman–Crippen MR) is 76.1 cm³/mol. The molecule has 1 unspecified atom stereocenters. The fraction of sp³-hybridized carbons (Fsp3) is 0.500. The second kappa shape index (κ2) is 7.40. The van der Waals surface area contributed by atoms with Crippen molar-refractivity contribution in [2.75, 3.05) is 31.2 Å². The third-order valence-electron chi connectivity index (χ3n) is 3.06. The number of carbonyl (C=O) groups is 1. The van der Waals surface area contributed by atoms with Gasteiger partial charge in [-0.05, 0) is 5.56 Å². The zero-order valence-corrected chi connectivity index (χ0v) is 11.6. The van der Waals surface area contributed by atoms with Crippen LogP contribution in [0.25, 0.3) is 0 Å². The topological polar surface area (TPSA) is 49.8 Å². The van der Waals surface area contributed by atoms with Gasteiger partial charge in [-0.3, -0.25) is 0 Å². The number of ether oxygens (including phenoxy) is 1. The van der Waals surface area contributed by atoms with Crippen LogP contribution in [0.5, 0.6) is 0 Å². The molecule has 0 spiro atoms. The van der Waals surface area contributed by atoms with Gasteiger partial charge < -0.3 is 14.7 Å². The molecular weight excluding hydrogens is 262 g/mol. The summed E-state index contributed by atoms with van der Waals surface area (Å²) in [7, 11) is 0. The van der Waals surface area contributed by atoms with E-state index in [1.165, 1.54) is 0 Å². The summed E-state index contributed by atoms with van der Waals surface area (Å²) in [5.74, 6) is 1.95. The van der Waals surface area contributed by atoms with E-state index in [0.29, 0.717) is 19.7 Å². The summed E-state index contributed by atoms with van der Waals surface area (Å²) in [4.78, 5) is 13.7. The van der Waals surface area contributed by atoms with Gasteiger partial charge in [-0.1, -0.05) is 30.3 Å². The normalized spacial score (nSPS) is 19.8. The molecule has 0 radical (unpaired) electrons. The highest BCUT2D eigenvalue weighted by Gasteiger charge is 2.22. The van der Waals surface area contributed by atoms with Gasteiger partial charge in [0.2, 0.25) is 0 Å². The van der Waals surface area contributed by atoms with Crippen molar-refractivity contribution < 1.29 is 14.6 Å². The highest BCUT2D eigenvalue weighted by Crippen LogP contribution is 2.16. The van der Waals surface area contributed by atoms with Crippen LogP contribution in [0.2, 0.25) is 0 Å². The Morgan fingerprint density at radius 1 is 1.42 bits per heavy atom. The monoisotopic (exact) mass is 281 g/mol. The lowest BCUT2D eigenvalue weighted by molar-refractivity contribution is 0.0896. The van der Waals surface area contributed by atoms with Crippen molar-refractivity contribution in [1.82, 2.24) is 4.90 Å². The molecule has 1 N–H and O–H groups in total. The van der Waals surface area contributed by atoms with Crippen LogP contribution in [0.15, 0.2) is 30.3 Å². The number of thioether (sulfide) groups is 1. The molecule has 2 rings (SSSR count). The van der Waals surface area contributed by atoms with E-state index in [9.17, 15) is 9.90 Å². The van der Waals surface area contributed by atoms with E-state index in [2.05, 4.69) is 0 Å². The van der Waals surface area contributed by atoms with E-state index >= 15 is 0 Å². The summed E-state index contributed by atoms with van der Waals surface area (Å²) >= 11 is 1.77. The zero-order valence-electron chi connectivity index (χ0n) is 10.8. The van der Waals surface area contributed by atoms with Gasteiger partial charge in [0.1, 0.15) is 6.61 Å². The summed E-state index contributed by atoms with van der Waals surface area (Å²) in [5, 5.41) is 9.23. The average Bonchev–Trinajstić information content (AvgIpc) is 2.71. The smallest absolute Gasteiger partial charge is 0.410 e. The maximum absolute atomic E-state index is 12.0. The van der Waals surface area contributed by atoms with E-state index < -0.39 is 0 Å². The Balaban J connectivity index is 1.84. The highest BCUT2D eigenvalue weighted by molar-refractivity contribution is 7.99. The molecule has 1 amide bonds. The van der Waals surface area contributed by atoms with Crippen LogP contribution in [0.3, 0.4) is 0 Å². The number of benzene rings is 1. The fourth-order valence-electron chi connectivity index (χ4n) is 1.97. The van der Waals surface area contributed by atoms with Gasteiger partial charge >= 0.3 is 6.09 Å². The van der Waals surface area contributed by atoms with Gasteiger partial charge in [0.15, 0.2) is 0 Å². The van der Waals surface area contributed by atoms with E-state index in [0.717, 1.165) is 17.1 Å². The molecule has 1 heterocycles. The third-order valence-corrected chi connectivity index (χ3v) is 4.24. The number of hydrogen-bond donors (Lipinski definition) is 1. The lowest BCUT2D eigenvalue weighted by Gasteiger charge is -2.22. The van der Waals surface area contributed by atoms with Crippen LogP contribution >= 0.6 is 11.8 Å². The number of hydrogen-bond acceptors (Lipinski definition) is 4. The minimum Gasteiger partial charge on any atom is -0.445 e. The van der Waals surface area contributed by atoms with E-state index in [1.54, 1.807) is 16.7 Å². The number of rotatable bonds is 3. The molecule has 0 aliphatic carbocycles. The van der Waals surface area contributed by atoms with Gasteiger partial charge in [0.25, 0.3) is 0 Å². The summed E-state index contributed by atoms with van der Waals surface area (Å²) < 4.78 is 5.31.